The molecule has 0 unspecified atom stereocenters. The van der Waals surface area contributed by atoms with E-state index in [4.69, 9.17) is 4.98 Å². The van der Waals surface area contributed by atoms with Gasteiger partial charge in [0.1, 0.15) is 0 Å². The van der Waals surface area contributed by atoms with Crippen LogP contribution in [-0.4, -0.2) is 29.5 Å². The Hall–Kier alpha value is -1.71. The first-order chi connectivity index (χ1) is 11.4. The normalized spacial score (nSPS) is 19.5. The quantitative estimate of drug-likeness (QED) is 0.944. The zero-order chi connectivity index (χ0) is 15.5. The van der Waals surface area contributed by atoms with Gasteiger partial charge in [0, 0.05) is 37.4 Å². The molecule has 3 nitrogen and oxygen atoms in total. The van der Waals surface area contributed by atoms with E-state index < -0.39 is 0 Å². The molecular weight excluding hydrogens is 282 g/mol. The van der Waals surface area contributed by atoms with Gasteiger partial charge in [0.05, 0.1) is 0 Å². The number of rotatable bonds is 3. The standard InChI is InChI=1S/C20H25N3/c1-2-4-16(5-3-1)14-23-13-9-19-18(15-23)8-12-22-20(19)17-6-10-21-11-7-17/h1-5,8,12,17,21H,6-7,9-11,13-15H2. The van der Waals surface area contributed by atoms with Crippen LogP contribution in [-0.2, 0) is 19.5 Å². The average Bonchev–Trinajstić information content (AvgIpc) is 2.63. The molecule has 4 rings (SSSR count). The molecule has 0 atom stereocenters. The summed E-state index contributed by atoms with van der Waals surface area (Å²) in [6.45, 7) is 5.52. The Balaban J connectivity index is 1.51. The van der Waals surface area contributed by atoms with Gasteiger partial charge in [-0.25, -0.2) is 0 Å². The van der Waals surface area contributed by atoms with E-state index in [2.05, 4.69) is 46.6 Å². The number of benzene rings is 1. The number of hydrogen-bond donors (Lipinski definition) is 1. The van der Waals surface area contributed by atoms with Gasteiger partial charge < -0.3 is 5.32 Å². The van der Waals surface area contributed by atoms with Crippen molar-refractivity contribution in [1.29, 1.82) is 0 Å². The lowest BCUT2D eigenvalue weighted by molar-refractivity contribution is 0.244. The molecule has 1 aromatic carbocycles. The molecule has 2 aliphatic heterocycles. The Bertz CT molecular complexity index is 647. The second-order valence-electron chi connectivity index (χ2n) is 6.80. The third kappa shape index (κ3) is 3.31. The highest BCUT2D eigenvalue weighted by Crippen LogP contribution is 2.31. The average molecular weight is 307 g/mol. The molecule has 0 bridgehead atoms. The maximum Gasteiger partial charge on any atom is 0.0471 e. The molecule has 0 spiro atoms. The molecule has 1 aromatic heterocycles. The highest BCUT2D eigenvalue weighted by Gasteiger charge is 2.24. The van der Waals surface area contributed by atoms with E-state index in [0.29, 0.717) is 5.92 Å². The number of piperidine rings is 1. The summed E-state index contributed by atoms with van der Waals surface area (Å²) in [5.41, 5.74) is 5.84. The monoisotopic (exact) mass is 307 g/mol. The minimum absolute atomic E-state index is 0.659. The van der Waals surface area contributed by atoms with Crippen LogP contribution >= 0.6 is 0 Å². The largest absolute Gasteiger partial charge is 0.317 e. The van der Waals surface area contributed by atoms with Gasteiger partial charge >= 0.3 is 0 Å². The van der Waals surface area contributed by atoms with Crippen LogP contribution in [0.1, 0.15) is 41.1 Å². The lowest BCUT2D eigenvalue weighted by Gasteiger charge is -2.32. The fraction of sp³-hybridized carbons (Fsp3) is 0.450. The molecule has 23 heavy (non-hydrogen) atoms. The van der Waals surface area contributed by atoms with Gasteiger partial charge in [0.25, 0.3) is 0 Å². The van der Waals surface area contributed by atoms with Crippen molar-refractivity contribution >= 4 is 0 Å². The second-order valence-corrected chi connectivity index (χ2v) is 6.80. The van der Waals surface area contributed by atoms with Crippen LogP contribution < -0.4 is 5.32 Å². The van der Waals surface area contributed by atoms with Gasteiger partial charge in [-0.05, 0) is 55.1 Å². The molecule has 1 N–H and O–H groups in total. The Labute approximate surface area is 138 Å². The molecule has 120 valence electrons. The lowest BCUT2D eigenvalue weighted by Crippen LogP contribution is -2.32. The van der Waals surface area contributed by atoms with Crippen LogP contribution in [0.5, 0.6) is 0 Å². The second kappa shape index (κ2) is 6.81. The van der Waals surface area contributed by atoms with E-state index >= 15 is 0 Å². The van der Waals surface area contributed by atoms with Gasteiger partial charge in [-0.2, -0.15) is 0 Å². The highest BCUT2D eigenvalue weighted by atomic mass is 15.1. The minimum atomic E-state index is 0.659. The van der Waals surface area contributed by atoms with Gasteiger partial charge in [-0.15, -0.1) is 0 Å². The van der Waals surface area contributed by atoms with Gasteiger partial charge in [-0.1, -0.05) is 30.3 Å². The first-order valence-electron chi connectivity index (χ1n) is 8.84. The van der Waals surface area contributed by atoms with Crippen LogP contribution in [0.3, 0.4) is 0 Å². The maximum absolute atomic E-state index is 4.78. The van der Waals surface area contributed by atoms with Crippen LogP contribution in [0.4, 0.5) is 0 Å². The smallest absolute Gasteiger partial charge is 0.0471 e. The molecule has 2 aromatic rings. The molecule has 3 heteroatoms. The van der Waals surface area contributed by atoms with E-state index in [1.807, 2.05) is 6.20 Å². The van der Waals surface area contributed by atoms with Crippen LogP contribution in [0.25, 0.3) is 0 Å². The topological polar surface area (TPSA) is 28.2 Å². The van der Waals surface area contributed by atoms with Gasteiger partial charge in [-0.3, -0.25) is 9.88 Å². The summed E-state index contributed by atoms with van der Waals surface area (Å²) in [6, 6.07) is 13.0. The van der Waals surface area contributed by atoms with Crippen molar-refractivity contribution in [2.75, 3.05) is 19.6 Å². The predicted octanol–water partition coefficient (Wildman–Crippen LogP) is 3.11. The van der Waals surface area contributed by atoms with Crippen LogP contribution in [0.2, 0.25) is 0 Å². The fourth-order valence-corrected chi connectivity index (χ4v) is 4.00. The third-order valence-corrected chi connectivity index (χ3v) is 5.23. The molecule has 2 aliphatic rings. The van der Waals surface area contributed by atoms with E-state index in [1.165, 1.54) is 29.7 Å². The van der Waals surface area contributed by atoms with E-state index in [9.17, 15) is 0 Å². The van der Waals surface area contributed by atoms with Crippen molar-refractivity contribution in [3.05, 3.63) is 65.0 Å². The van der Waals surface area contributed by atoms with E-state index in [-0.39, 0.29) is 0 Å². The first-order valence-corrected chi connectivity index (χ1v) is 8.84. The van der Waals surface area contributed by atoms with E-state index in [0.717, 1.165) is 39.1 Å². The molecule has 3 heterocycles. The van der Waals surface area contributed by atoms with Crippen molar-refractivity contribution < 1.29 is 0 Å². The number of hydrogen-bond acceptors (Lipinski definition) is 3. The highest BCUT2D eigenvalue weighted by molar-refractivity contribution is 5.34. The fourth-order valence-electron chi connectivity index (χ4n) is 4.00. The maximum atomic E-state index is 4.78. The summed E-state index contributed by atoms with van der Waals surface area (Å²) >= 11 is 0. The summed E-state index contributed by atoms with van der Waals surface area (Å²) < 4.78 is 0. The third-order valence-electron chi connectivity index (χ3n) is 5.23. The van der Waals surface area contributed by atoms with Crippen LogP contribution in [0, 0.1) is 0 Å². The van der Waals surface area contributed by atoms with Crippen LogP contribution in [0.15, 0.2) is 42.6 Å². The molecule has 1 saturated heterocycles. The zero-order valence-electron chi connectivity index (χ0n) is 13.7. The lowest BCUT2D eigenvalue weighted by atomic mass is 9.87. The number of aromatic nitrogens is 1. The predicted molar refractivity (Wildman–Crippen MR) is 93.3 cm³/mol. The summed E-state index contributed by atoms with van der Waals surface area (Å²) in [5.74, 6) is 0.659. The minimum Gasteiger partial charge on any atom is -0.317 e. The van der Waals surface area contributed by atoms with Crippen molar-refractivity contribution in [2.45, 2.75) is 38.3 Å². The SMILES string of the molecule is c1ccc(CN2CCc3c(ccnc3C3CCNCC3)C2)cc1. The summed E-state index contributed by atoms with van der Waals surface area (Å²) in [6.07, 6.45) is 5.64. The number of nitrogens with zero attached hydrogens (tertiary/aromatic N) is 2. The van der Waals surface area contributed by atoms with Crippen molar-refractivity contribution in [2.24, 2.45) is 0 Å². The van der Waals surface area contributed by atoms with Gasteiger partial charge in [0.15, 0.2) is 0 Å². The Kier molecular flexibility index (Phi) is 4.40. The molecule has 1 fully saturated rings. The Morgan fingerprint density at radius 2 is 1.91 bits per heavy atom. The van der Waals surface area contributed by atoms with Crippen molar-refractivity contribution in [1.82, 2.24) is 15.2 Å². The molecular formula is C20H25N3. The van der Waals surface area contributed by atoms with E-state index in [1.54, 1.807) is 5.56 Å². The Morgan fingerprint density at radius 1 is 1.09 bits per heavy atom. The molecule has 0 saturated carbocycles. The number of nitrogens with one attached hydrogen (secondary N) is 1. The summed E-state index contributed by atoms with van der Waals surface area (Å²) in [4.78, 5) is 7.34. The molecule has 0 radical (unpaired) electrons. The zero-order valence-corrected chi connectivity index (χ0v) is 13.7. The number of fused-ring (bicyclic) bond motifs is 1. The summed E-state index contributed by atoms with van der Waals surface area (Å²) in [5, 5.41) is 3.46. The van der Waals surface area contributed by atoms with Crippen molar-refractivity contribution in [3.63, 3.8) is 0 Å². The molecule has 0 amide bonds. The van der Waals surface area contributed by atoms with Crippen molar-refractivity contribution in [3.8, 4) is 0 Å². The summed E-state index contributed by atoms with van der Waals surface area (Å²) in [7, 11) is 0. The van der Waals surface area contributed by atoms with Gasteiger partial charge in [0.2, 0.25) is 0 Å². The number of pyridine rings is 1. The first kappa shape index (κ1) is 14.9. The Morgan fingerprint density at radius 3 is 2.74 bits per heavy atom. The molecule has 0 aliphatic carbocycles.